The summed E-state index contributed by atoms with van der Waals surface area (Å²) in [5.41, 5.74) is 1.25. The van der Waals surface area contributed by atoms with E-state index in [-0.39, 0.29) is 12.5 Å². The molecule has 4 rings (SSSR count). The second-order valence-corrected chi connectivity index (χ2v) is 7.46. The van der Waals surface area contributed by atoms with Crippen molar-refractivity contribution in [3.8, 4) is 17.1 Å². The zero-order valence-corrected chi connectivity index (χ0v) is 16.4. The first-order chi connectivity index (χ1) is 13.6. The van der Waals surface area contributed by atoms with Crippen molar-refractivity contribution in [2.75, 3.05) is 12.4 Å². The van der Waals surface area contributed by atoms with Gasteiger partial charge in [-0.3, -0.25) is 4.79 Å². The van der Waals surface area contributed by atoms with Crippen LogP contribution in [-0.2, 0) is 6.61 Å². The predicted octanol–water partition coefficient (Wildman–Crippen LogP) is 5.57. The van der Waals surface area contributed by atoms with Crippen LogP contribution in [0.1, 0.15) is 15.4 Å². The number of methoxy groups -OCH3 is 1. The molecule has 7 heteroatoms. The molecular formula is C21H16ClNO4S. The second-order valence-electron chi connectivity index (χ2n) is 6.03. The molecule has 0 saturated carbocycles. The fourth-order valence-corrected chi connectivity index (χ4v) is 4.33. The van der Waals surface area contributed by atoms with Gasteiger partial charge < -0.3 is 19.6 Å². The van der Waals surface area contributed by atoms with Crippen LogP contribution in [0, 0.1) is 0 Å². The Hall–Kier alpha value is -2.80. The van der Waals surface area contributed by atoms with Crippen LogP contribution >= 0.6 is 22.9 Å². The van der Waals surface area contributed by atoms with E-state index in [1.165, 1.54) is 18.4 Å². The Morgan fingerprint density at radius 2 is 2.04 bits per heavy atom. The standard InChI is InChI=1S/C21H16ClNO4S/c1-26-17-8-6-12(16-9-7-13(11-24)27-16)10-15(17)23-21(25)20-19(22)14-4-2-3-5-18(14)28-20/h2-10,24H,11H2,1H3,(H,23,25). The lowest BCUT2D eigenvalue weighted by Crippen LogP contribution is -2.11. The Morgan fingerprint density at radius 3 is 2.75 bits per heavy atom. The molecule has 2 aromatic carbocycles. The summed E-state index contributed by atoms with van der Waals surface area (Å²) >= 11 is 7.76. The average Bonchev–Trinajstić information content (AvgIpc) is 3.33. The molecule has 0 atom stereocenters. The van der Waals surface area contributed by atoms with Crippen molar-refractivity contribution < 1.29 is 19.1 Å². The first-order valence-electron chi connectivity index (χ1n) is 8.47. The molecule has 0 aliphatic rings. The Labute approximate surface area is 170 Å². The van der Waals surface area contributed by atoms with E-state index in [1.807, 2.05) is 30.3 Å². The van der Waals surface area contributed by atoms with Crippen LogP contribution in [0.2, 0.25) is 5.02 Å². The number of aliphatic hydroxyl groups excluding tert-OH is 1. The Balaban J connectivity index is 1.68. The van der Waals surface area contributed by atoms with Crippen molar-refractivity contribution in [3.63, 3.8) is 0 Å². The van der Waals surface area contributed by atoms with Gasteiger partial charge in [-0.1, -0.05) is 29.8 Å². The number of aliphatic hydroxyl groups is 1. The number of carbonyl (C=O) groups excluding carboxylic acids is 1. The molecule has 1 amide bonds. The number of fused-ring (bicyclic) bond motifs is 1. The maximum Gasteiger partial charge on any atom is 0.267 e. The number of amides is 1. The van der Waals surface area contributed by atoms with E-state index in [0.717, 1.165) is 15.6 Å². The number of thiophene rings is 1. The highest BCUT2D eigenvalue weighted by Gasteiger charge is 2.19. The maximum atomic E-state index is 12.9. The molecule has 0 aliphatic carbocycles. The van der Waals surface area contributed by atoms with Crippen LogP contribution in [0.4, 0.5) is 5.69 Å². The van der Waals surface area contributed by atoms with Crippen molar-refractivity contribution in [1.29, 1.82) is 0 Å². The first kappa shape index (κ1) is 18.6. The molecule has 0 unspecified atom stereocenters. The Bertz CT molecular complexity index is 1160. The van der Waals surface area contributed by atoms with Gasteiger partial charge in [0.05, 0.1) is 17.8 Å². The van der Waals surface area contributed by atoms with E-state index < -0.39 is 0 Å². The summed E-state index contributed by atoms with van der Waals surface area (Å²) in [5.74, 6) is 1.26. The van der Waals surface area contributed by atoms with Gasteiger partial charge >= 0.3 is 0 Å². The van der Waals surface area contributed by atoms with Crippen molar-refractivity contribution in [2.45, 2.75) is 6.61 Å². The highest BCUT2D eigenvalue weighted by atomic mass is 35.5. The number of benzene rings is 2. The number of halogens is 1. The van der Waals surface area contributed by atoms with Crippen LogP contribution in [0.25, 0.3) is 21.4 Å². The fraction of sp³-hybridized carbons (Fsp3) is 0.0952. The van der Waals surface area contributed by atoms with Gasteiger partial charge in [0.1, 0.15) is 28.8 Å². The van der Waals surface area contributed by atoms with E-state index in [0.29, 0.717) is 32.9 Å². The van der Waals surface area contributed by atoms with Crippen LogP contribution in [0.15, 0.2) is 59.0 Å². The topological polar surface area (TPSA) is 71.7 Å². The van der Waals surface area contributed by atoms with Crippen LogP contribution in [0.5, 0.6) is 5.75 Å². The summed E-state index contributed by atoms with van der Waals surface area (Å²) in [4.78, 5) is 13.3. The van der Waals surface area contributed by atoms with Crippen molar-refractivity contribution >= 4 is 44.6 Å². The zero-order chi connectivity index (χ0) is 19.7. The molecule has 0 aliphatic heterocycles. The summed E-state index contributed by atoms with van der Waals surface area (Å²) in [5, 5.41) is 13.4. The van der Waals surface area contributed by atoms with Crippen LogP contribution < -0.4 is 10.1 Å². The largest absolute Gasteiger partial charge is 0.495 e. The lowest BCUT2D eigenvalue weighted by atomic mass is 10.1. The molecule has 0 fully saturated rings. The van der Waals surface area contributed by atoms with E-state index >= 15 is 0 Å². The number of hydrogen-bond donors (Lipinski definition) is 2. The third-order valence-electron chi connectivity index (χ3n) is 4.29. The summed E-state index contributed by atoms with van der Waals surface area (Å²) in [6.07, 6.45) is 0. The van der Waals surface area contributed by atoms with Crippen molar-refractivity contribution in [2.24, 2.45) is 0 Å². The normalized spacial score (nSPS) is 11.0. The SMILES string of the molecule is COc1ccc(-c2ccc(CO)o2)cc1NC(=O)c1sc2ccccc2c1Cl. The van der Waals surface area contributed by atoms with Gasteiger partial charge in [0.25, 0.3) is 5.91 Å². The average molecular weight is 414 g/mol. The van der Waals surface area contributed by atoms with Gasteiger partial charge in [-0.15, -0.1) is 11.3 Å². The van der Waals surface area contributed by atoms with E-state index in [4.69, 9.17) is 20.8 Å². The molecule has 0 radical (unpaired) electrons. The third-order valence-corrected chi connectivity index (χ3v) is 5.97. The number of rotatable bonds is 5. The number of anilines is 1. The lowest BCUT2D eigenvalue weighted by molar-refractivity contribution is 0.103. The van der Waals surface area contributed by atoms with Gasteiger partial charge in [-0.05, 0) is 36.4 Å². The quantitative estimate of drug-likeness (QED) is 0.448. The molecule has 0 spiro atoms. The molecule has 2 aromatic heterocycles. The number of ether oxygens (including phenoxy) is 1. The molecule has 0 bridgehead atoms. The molecule has 28 heavy (non-hydrogen) atoms. The predicted molar refractivity (Wildman–Crippen MR) is 111 cm³/mol. The first-order valence-corrected chi connectivity index (χ1v) is 9.66. The van der Waals surface area contributed by atoms with Crippen LogP contribution in [0.3, 0.4) is 0 Å². The summed E-state index contributed by atoms with van der Waals surface area (Å²) in [6.45, 7) is -0.176. The van der Waals surface area contributed by atoms with E-state index in [9.17, 15) is 9.90 Å². The molecular weight excluding hydrogens is 398 g/mol. The van der Waals surface area contributed by atoms with Crippen molar-refractivity contribution in [1.82, 2.24) is 0 Å². The van der Waals surface area contributed by atoms with Gasteiger partial charge in [0, 0.05) is 15.6 Å². The Kier molecular flexibility index (Phi) is 5.09. The fourth-order valence-electron chi connectivity index (χ4n) is 2.92. The Morgan fingerprint density at radius 1 is 1.21 bits per heavy atom. The van der Waals surface area contributed by atoms with E-state index in [1.54, 1.807) is 24.3 Å². The van der Waals surface area contributed by atoms with E-state index in [2.05, 4.69) is 5.32 Å². The third kappa shape index (κ3) is 3.38. The number of hydrogen-bond acceptors (Lipinski definition) is 5. The summed E-state index contributed by atoms with van der Waals surface area (Å²) in [6, 6.07) is 16.4. The smallest absolute Gasteiger partial charge is 0.267 e. The molecule has 2 heterocycles. The lowest BCUT2D eigenvalue weighted by Gasteiger charge is -2.11. The highest BCUT2D eigenvalue weighted by molar-refractivity contribution is 7.21. The number of nitrogens with one attached hydrogen (secondary N) is 1. The zero-order valence-electron chi connectivity index (χ0n) is 14.9. The number of carbonyl (C=O) groups is 1. The highest BCUT2D eigenvalue weighted by Crippen LogP contribution is 2.37. The molecule has 2 N–H and O–H groups in total. The van der Waals surface area contributed by atoms with Gasteiger partial charge in [-0.25, -0.2) is 0 Å². The number of furan rings is 1. The van der Waals surface area contributed by atoms with Crippen molar-refractivity contribution in [3.05, 3.63) is 70.3 Å². The van der Waals surface area contributed by atoms with Crippen LogP contribution in [-0.4, -0.2) is 18.1 Å². The second kappa shape index (κ2) is 7.67. The molecule has 4 aromatic rings. The minimum Gasteiger partial charge on any atom is -0.495 e. The molecule has 0 saturated heterocycles. The van der Waals surface area contributed by atoms with Gasteiger partial charge in [0.15, 0.2) is 0 Å². The summed E-state index contributed by atoms with van der Waals surface area (Å²) in [7, 11) is 1.54. The monoisotopic (exact) mass is 413 g/mol. The molecule has 142 valence electrons. The molecule has 5 nitrogen and oxygen atoms in total. The summed E-state index contributed by atoms with van der Waals surface area (Å²) < 4.78 is 11.9. The minimum absolute atomic E-state index is 0.176. The maximum absolute atomic E-state index is 12.9. The van der Waals surface area contributed by atoms with Gasteiger partial charge in [0.2, 0.25) is 0 Å². The minimum atomic E-state index is -0.308. The van der Waals surface area contributed by atoms with Gasteiger partial charge in [-0.2, -0.15) is 0 Å².